The Labute approximate surface area is 114 Å². The molecule has 1 heterocycles. The summed E-state index contributed by atoms with van der Waals surface area (Å²) in [5.74, 6) is 0.206. The molecule has 1 aromatic heterocycles. The van der Waals surface area contributed by atoms with E-state index in [0.29, 0.717) is 17.1 Å². The predicted molar refractivity (Wildman–Crippen MR) is 73.3 cm³/mol. The fraction of sp³-hybridized carbons (Fsp3) is 0.167. The lowest BCUT2D eigenvalue weighted by atomic mass is 10.1. The van der Waals surface area contributed by atoms with Crippen molar-refractivity contribution in [3.05, 3.63) is 45.7 Å². The van der Waals surface area contributed by atoms with Gasteiger partial charge in [-0.05, 0) is 19.1 Å². The van der Waals surface area contributed by atoms with Crippen molar-refractivity contribution in [1.82, 2.24) is 9.97 Å². The number of halogens is 1. The second-order valence-corrected chi connectivity index (χ2v) is 4.15. The lowest BCUT2D eigenvalue weighted by Gasteiger charge is -2.07. The molecular weight excluding hydrogens is 268 g/mol. The van der Waals surface area contributed by atoms with Crippen LogP contribution in [-0.4, -0.2) is 21.4 Å². The first-order valence-corrected chi connectivity index (χ1v) is 6.00. The Hall–Kier alpha value is -2.21. The maximum atomic E-state index is 11.2. The van der Waals surface area contributed by atoms with Gasteiger partial charge in [-0.2, -0.15) is 0 Å². The van der Waals surface area contributed by atoms with Crippen LogP contribution in [-0.2, 0) is 0 Å². The first-order valence-electron chi connectivity index (χ1n) is 5.62. The lowest BCUT2D eigenvalue weighted by Crippen LogP contribution is -2.06. The number of hydrogen-bond acceptors (Lipinski definition) is 5. The van der Waals surface area contributed by atoms with Crippen LogP contribution in [0.4, 0.5) is 11.5 Å². The average Bonchev–Trinajstić information content (AvgIpc) is 2.38. The van der Waals surface area contributed by atoms with E-state index >= 15 is 0 Å². The number of aromatic nitrogens is 2. The minimum absolute atomic E-state index is 0.147. The molecule has 0 unspecified atom stereocenters. The van der Waals surface area contributed by atoms with Crippen LogP contribution in [0.5, 0.6) is 0 Å². The first-order chi connectivity index (χ1) is 9.13. The van der Waals surface area contributed by atoms with E-state index in [-0.39, 0.29) is 17.2 Å². The van der Waals surface area contributed by atoms with E-state index in [1.54, 1.807) is 24.3 Å². The highest BCUT2D eigenvalue weighted by Gasteiger charge is 2.23. The average molecular weight is 279 g/mol. The molecule has 0 aliphatic rings. The molecule has 0 amide bonds. The van der Waals surface area contributed by atoms with E-state index in [2.05, 4.69) is 15.3 Å². The van der Waals surface area contributed by atoms with Gasteiger partial charge in [-0.1, -0.05) is 23.7 Å². The van der Waals surface area contributed by atoms with Crippen molar-refractivity contribution in [2.24, 2.45) is 0 Å². The van der Waals surface area contributed by atoms with Crippen LogP contribution in [0.15, 0.2) is 30.6 Å². The van der Waals surface area contributed by atoms with Crippen molar-refractivity contribution in [2.45, 2.75) is 6.92 Å². The zero-order chi connectivity index (χ0) is 13.8. The summed E-state index contributed by atoms with van der Waals surface area (Å²) in [6.45, 7) is 2.37. The second kappa shape index (κ2) is 5.62. The van der Waals surface area contributed by atoms with Gasteiger partial charge in [-0.25, -0.2) is 9.97 Å². The first kappa shape index (κ1) is 13.2. The van der Waals surface area contributed by atoms with Crippen LogP contribution in [0.3, 0.4) is 0 Å². The maximum absolute atomic E-state index is 11.2. The van der Waals surface area contributed by atoms with Crippen LogP contribution in [0.25, 0.3) is 11.3 Å². The van der Waals surface area contributed by atoms with Crippen LogP contribution in [0, 0.1) is 10.1 Å². The summed E-state index contributed by atoms with van der Waals surface area (Å²) in [6, 6.07) is 6.77. The van der Waals surface area contributed by atoms with E-state index in [0.717, 1.165) is 0 Å². The molecule has 1 N–H and O–H groups in total. The highest BCUT2D eigenvalue weighted by Crippen LogP contribution is 2.33. The molecule has 0 aliphatic heterocycles. The normalized spacial score (nSPS) is 10.2. The third-order valence-corrected chi connectivity index (χ3v) is 2.68. The Morgan fingerprint density at radius 3 is 2.84 bits per heavy atom. The van der Waals surface area contributed by atoms with Gasteiger partial charge in [0.1, 0.15) is 6.33 Å². The molecule has 0 saturated heterocycles. The fourth-order valence-corrected chi connectivity index (χ4v) is 1.89. The molecule has 98 valence electrons. The van der Waals surface area contributed by atoms with Gasteiger partial charge in [-0.3, -0.25) is 10.1 Å². The van der Waals surface area contributed by atoms with Crippen LogP contribution < -0.4 is 5.32 Å². The summed E-state index contributed by atoms with van der Waals surface area (Å²) in [7, 11) is 0. The van der Waals surface area contributed by atoms with Gasteiger partial charge in [0.25, 0.3) is 0 Å². The smallest absolute Gasteiger partial charge is 0.337 e. The van der Waals surface area contributed by atoms with Crippen molar-refractivity contribution in [3.8, 4) is 11.3 Å². The van der Waals surface area contributed by atoms with Crippen molar-refractivity contribution in [1.29, 1.82) is 0 Å². The topological polar surface area (TPSA) is 81.0 Å². The van der Waals surface area contributed by atoms with Crippen molar-refractivity contribution < 1.29 is 4.92 Å². The Morgan fingerprint density at radius 1 is 1.42 bits per heavy atom. The van der Waals surface area contributed by atoms with E-state index < -0.39 is 4.92 Å². The summed E-state index contributed by atoms with van der Waals surface area (Å²) in [6.07, 6.45) is 1.29. The highest BCUT2D eigenvalue weighted by molar-refractivity contribution is 6.30. The summed E-state index contributed by atoms with van der Waals surface area (Å²) < 4.78 is 0. The van der Waals surface area contributed by atoms with Gasteiger partial charge in [-0.15, -0.1) is 0 Å². The second-order valence-electron chi connectivity index (χ2n) is 3.72. The Morgan fingerprint density at radius 2 is 2.21 bits per heavy atom. The minimum atomic E-state index is -0.492. The molecule has 0 radical (unpaired) electrons. The molecule has 0 saturated carbocycles. The van der Waals surface area contributed by atoms with E-state index in [4.69, 9.17) is 11.6 Å². The van der Waals surface area contributed by atoms with Gasteiger partial charge in [0, 0.05) is 17.1 Å². The number of anilines is 1. The fourth-order valence-electron chi connectivity index (χ4n) is 1.70. The molecular formula is C12H11ClN4O2. The SMILES string of the molecule is CCNc1ncnc(-c2cccc(Cl)c2)c1[N+](=O)[O-]. The van der Waals surface area contributed by atoms with Crippen molar-refractivity contribution >= 4 is 23.1 Å². The number of hydrogen-bond donors (Lipinski definition) is 1. The number of nitrogens with one attached hydrogen (secondary N) is 1. The van der Waals surface area contributed by atoms with Crippen LogP contribution in [0.2, 0.25) is 5.02 Å². The molecule has 0 aliphatic carbocycles. The Balaban J connectivity index is 2.62. The molecule has 19 heavy (non-hydrogen) atoms. The Bertz CT molecular complexity index is 618. The summed E-state index contributed by atoms with van der Waals surface area (Å²) in [4.78, 5) is 18.6. The molecule has 2 rings (SSSR count). The predicted octanol–water partition coefficient (Wildman–Crippen LogP) is 3.14. The molecule has 7 heteroatoms. The summed E-state index contributed by atoms with van der Waals surface area (Å²) in [5, 5.41) is 14.6. The minimum Gasteiger partial charge on any atom is -0.365 e. The third kappa shape index (κ3) is 2.79. The maximum Gasteiger partial charge on any atom is 0.337 e. The zero-order valence-corrected chi connectivity index (χ0v) is 10.9. The van der Waals surface area contributed by atoms with Crippen LogP contribution in [0.1, 0.15) is 6.92 Å². The number of rotatable bonds is 4. The largest absolute Gasteiger partial charge is 0.365 e. The molecule has 1 aromatic carbocycles. The van der Waals surface area contributed by atoms with Gasteiger partial charge in [0.15, 0.2) is 5.69 Å². The standard InChI is InChI=1S/C12H11ClN4O2/c1-2-14-12-11(17(18)19)10(15-7-16-12)8-4-3-5-9(13)6-8/h3-7H,2H2,1H3,(H,14,15,16). The van der Waals surface area contributed by atoms with Gasteiger partial charge < -0.3 is 5.32 Å². The van der Waals surface area contributed by atoms with E-state index in [1.165, 1.54) is 6.33 Å². The summed E-state index contributed by atoms with van der Waals surface area (Å²) in [5.41, 5.74) is 0.686. The van der Waals surface area contributed by atoms with Crippen molar-refractivity contribution in [3.63, 3.8) is 0 Å². The zero-order valence-electron chi connectivity index (χ0n) is 10.1. The molecule has 0 atom stereocenters. The number of nitro groups is 1. The number of benzene rings is 1. The van der Waals surface area contributed by atoms with Crippen molar-refractivity contribution in [2.75, 3.05) is 11.9 Å². The molecule has 0 fully saturated rings. The highest BCUT2D eigenvalue weighted by atomic mass is 35.5. The van der Waals surface area contributed by atoms with Gasteiger partial charge in [0.2, 0.25) is 5.82 Å². The lowest BCUT2D eigenvalue weighted by molar-refractivity contribution is -0.383. The van der Waals surface area contributed by atoms with Gasteiger partial charge in [0.05, 0.1) is 4.92 Å². The summed E-state index contributed by atoms with van der Waals surface area (Å²) >= 11 is 5.90. The Kier molecular flexibility index (Phi) is 3.91. The molecule has 2 aromatic rings. The molecule has 0 bridgehead atoms. The van der Waals surface area contributed by atoms with Gasteiger partial charge >= 0.3 is 5.69 Å². The monoisotopic (exact) mass is 278 g/mol. The van der Waals surface area contributed by atoms with E-state index in [1.807, 2.05) is 6.92 Å². The molecule has 0 spiro atoms. The molecule has 6 nitrogen and oxygen atoms in total. The quantitative estimate of drug-likeness (QED) is 0.686. The number of nitrogens with zero attached hydrogens (tertiary/aromatic N) is 3. The third-order valence-electron chi connectivity index (χ3n) is 2.45. The van der Waals surface area contributed by atoms with E-state index in [9.17, 15) is 10.1 Å². The van der Waals surface area contributed by atoms with Crippen LogP contribution >= 0.6 is 11.6 Å².